The molecule has 0 aromatic carbocycles. The van der Waals surface area contributed by atoms with Crippen LogP contribution in [0.2, 0.25) is 0 Å². The monoisotopic (exact) mass is 223 g/mol. The molecule has 3 N–H and O–H groups in total. The van der Waals surface area contributed by atoms with Crippen LogP contribution in [0.3, 0.4) is 0 Å². The van der Waals surface area contributed by atoms with Crippen molar-refractivity contribution >= 4 is 11.6 Å². The second kappa shape index (κ2) is 4.49. The van der Waals surface area contributed by atoms with Crippen LogP contribution in [0.1, 0.15) is 24.2 Å². The highest BCUT2D eigenvalue weighted by atomic mass is 16.3. The first kappa shape index (κ1) is 12.4. The van der Waals surface area contributed by atoms with Gasteiger partial charge >= 0.3 is 0 Å². The molecule has 0 atom stereocenters. The van der Waals surface area contributed by atoms with Gasteiger partial charge in [-0.15, -0.1) is 0 Å². The van der Waals surface area contributed by atoms with E-state index in [4.69, 9.17) is 5.73 Å². The van der Waals surface area contributed by atoms with E-state index in [1.165, 1.54) is 17.3 Å². The Hall–Kier alpha value is -1.62. The number of nitrogens with zero attached hydrogens (tertiary/aromatic N) is 2. The summed E-state index contributed by atoms with van der Waals surface area (Å²) in [6.45, 7) is 3.43. The Morgan fingerprint density at radius 2 is 2.25 bits per heavy atom. The molecule has 1 heterocycles. The third-order valence-corrected chi connectivity index (χ3v) is 2.68. The molecule has 0 unspecified atom stereocenters. The molecule has 88 valence electrons. The van der Waals surface area contributed by atoms with Gasteiger partial charge in [-0.1, -0.05) is 0 Å². The quantitative estimate of drug-likeness (QED) is 0.782. The summed E-state index contributed by atoms with van der Waals surface area (Å²) in [6, 6.07) is 1.58. The van der Waals surface area contributed by atoms with E-state index in [-0.39, 0.29) is 12.5 Å². The minimum atomic E-state index is -0.626. The van der Waals surface area contributed by atoms with Gasteiger partial charge < -0.3 is 15.7 Å². The van der Waals surface area contributed by atoms with E-state index in [1.807, 2.05) is 0 Å². The van der Waals surface area contributed by atoms with Gasteiger partial charge in [0, 0.05) is 25.1 Å². The molecule has 0 bridgehead atoms. The van der Waals surface area contributed by atoms with Crippen molar-refractivity contribution < 1.29 is 9.90 Å². The molecule has 1 aromatic rings. The number of carbonyl (C=O) groups excluding carboxylic acids is 1. The number of hydrogen-bond acceptors (Lipinski definition) is 4. The number of amides is 1. The number of nitrogen functional groups attached to an aromatic ring is 1. The van der Waals surface area contributed by atoms with Crippen molar-refractivity contribution in [3.63, 3.8) is 0 Å². The Morgan fingerprint density at radius 1 is 1.62 bits per heavy atom. The largest absolute Gasteiger partial charge is 0.398 e. The predicted molar refractivity (Wildman–Crippen MR) is 61.9 cm³/mol. The minimum Gasteiger partial charge on any atom is -0.398 e. The molecule has 0 radical (unpaired) electrons. The number of aliphatic hydroxyl groups is 1. The molecular formula is C11H17N3O2. The smallest absolute Gasteiger partial charge is 0.257 e. The van der Waals surface area contributed by atoms with Gasteiger partial charge in [-0.25, -0.2) is 0 Å². The maximum Gasteiger partial charge on any atom is 0.257 e. The van der Waals surface area contributed by atoms with Gasteiger partial charge in [0.15, 0.2) is 0 Å². The first-order chi connectivity index (χ1) is 7.40. The van der Waals surface area contributed by atoms with Crippen LogP contribution in [0.25, 0.3) is 0 Å². The van der Waals surface area contributed by atoms with Crippen molar-refractivity contribution in [2.45, 2.75) is 19.4 Å². The Balaban J connectivity index is 3.00. The van der Waals surface area contributed by atoms with Gasteiger partial charge in [-0.3, -0.25) is 9.78 Å². The molecule has 1 rings (SSSR count). The highest BCUT2D eigenvalue weighted by Crippen LogP contribution is 2.18. The standard InChI is InChI=1S/C11H17N3O2/c1-11(2,7-15)14(3)10(16)8-6-13-5-4-9(8)12/h4-6,15H,7H2,1-3H3,(H2,12,13). The number of rotatable bonds is 3. The van der Waals surface area contributed by atoms with E-state index in [2.05, 4.69) is 4.98 Å². The highest BCUT2D eigenvalue weighted by Gasteiger charge is 2.28. The van der Waals surface area contributed by atoms with Crippen LogP contribution < -0.4 is 5.73 Å². The maximum absolute atomic E-state index is 12.1. The SMILES string of the molecule is CN(C(=O)c1cnccc1N)C(C)(C)CO. The van der Waals surface area contributed by atoms with Gasteiger partial charge in [-0.2, -0.15) is 0 Å². The Morgan fingerprint density at radius 3 is 2.75 bits per heavy atom. The van der Waals surface area contributed by atoms with Crippen LogP contribution in [-0.2, 0) is 0 Å². The molecule has 5 nitrogen and oxygen atoms in total. The molecule has 0 saturated heterocycles. The predicted octanol–water partition coefficient (Wildman–Crippen LogP) is 0.507. The van der Waals surface area contributed by atoms with E-state index in [0.717, 1.165) is 0 Å². The number of anilines is 1. The normalized spacial score (nSPS) is 11.2. The van der Waals surface area contributed by atoms with E-state index < -0.39 is 5.54 Å². The first-order valence-corrected chi connectivity index (χ1v) is 4.98. The van der Waals surface area contributed by atoms with Crippen LogP contribution in [0.15, 0.2) is 18.5 Å². The molecule has 1 amide bonds. The number of nitrogens with two attached hydrogens (primary N) is 1. The zero-order chi connectivity index (χ0) is 12.3. The van der Waals surface area contributed by atoms with E-state index >= 15 is 0 Å². The van der Waals surface area contributed by atoms with Gasteiger partial charge in [0.1, 0.15) is 0 Å². The summed E-state index contributed by atoms with van der Waals surface area (Å²) in [7, 11) is 1.63. The van der Waals surface area contributed by atoms with Crippen molar-refractivity contribution in [3.05, 3.63) is 24.0 Å². The van der Waals surface area contributed by atoms with Crippen LogP contribution >= 0.6 is 0 Å². The first-order valence-electron chi connectivity index (χ1n) is 4.98. The van der Waals surface area contributed by atoms with Crippen LogP contribution in [0, 0.1) is 0 Å². The molecule has 16 heavy (non-hydrogen) atoms. The molecule has 1 aromatic heterocycles. The summed E-state index contributed by atoms with van der Waals surface area (Å²) in [5, 5.41) is 9.19. The van der Waals surface area contributed by atoms with E-state index in [0.29, 0.717) is 11.3 Å². The fourth-order valence-electron chi connectivity index (χ4n) is 1.15. The molecule has 5 heteroatoms. The maximum atomic E-state index is 12.1. The Bertz CT molecular complexity index is 391. The van der Waals surface area contributed by atoms with Crippen molar-refractivity contribution in [2.24, 2.45) is 0 Å². The van der Waals surface area contributed by atoms with Gasteiger partial charge in [-0.05, 0) is 19.9 Å². The molecular weight excluding hydrogens is 206 g/mol. The number of likely N-dealkylation sites (N-methyl/N-ethyl adjacent to an activating group) is 1. The number of hydrogen-bond donors (Lipinski definition) is 2. The van der Waals surface area contributed by atoms with E-state index in [1.54, 1.807) is 27.0 Å². The summed E-state index contributed by atoms with van der Waals surface area (Å²) in [4.78, 5) is 17.4. The summed E-state index contributed by atoms with van der Waals surface area (Å²) in [5.74, 6) is -0.246. The topological polar surface area (TPSA) is 79.5 Å². The van der Waals surface area contributed by atoms with Crippen LogP contribution in [-0.4, -0.2) is 40.1 Å². The lowest BCUT2D eigenvalue weighted by Crippen LogP contribution is -2.47. The van der Waals surface area contributed by atoms with Gasteiger partial charge in [0.25, 0.3) is 5.91 Å². The zero-order valence-corrected chi connectivity index (χ0v) is 9.77. The minimum absolute atomic E-state index is 0.116. The number of aliphatic hydroxyl groups excluding tert-OH is 1. The fourth-order valence-corrected chi connectivity index (χ4v) is 1.15. The summed E-state index contributed by atoms with van der Waals surface area (Å²) in [5.41, 5.74) is 5.81. The Kier molecular flexibility index (Phi) is 3.49. The molecule has 0 spiro atoms. The third kappa shape index (κ3) is 2.30. The third-order valence-electron chi connectivity index (χ3n) is 2.68. The molecule has 0 fully saturated rings. The highest BCUT2D eigenvalue weighted by molar-refractivity contribution is 5.98. The fraction of sp³-hybridized carbons (Fsp3) is 0.455. The zero-order valence-electron chi connectivity index (χ0n) is 9.77. The van der Waals surface area contributed by atoms with E-state index in [9.17, 15) is 9.90 Å². The lowest BCUT2D eigenvalue weighted by atomic mass is 10.0. The Labute approximate surface area is 94.9 Å². The lowest BCUT2D eigenvalue weighted by Gasteiger charge is -2.34. The number of aromatic nitrogens is 1. The second-order valence-electron chi connectivity index (χ2n) is 4.30. The van der Waals surface area contributed by atoms with Crippen LogP contribution in [0.5, 0.6) is 0 Å². The van der Waals surface area contributed by atoms with Gasteiger partial charge in [0.05, 0.1) is 17.7 Å². The van der Waals surface area contributed by atoms with Crippen molar-refractivity contribution in [1.29, 1.82) is 0 Å². The molecule has 0 aliphatic carbocycles. The molecule has 0 aliphatic rings. The summed E-state index contributed by atoms with van der Waals surface area (Å²) >= 11 is 0. The summed E-state index contributed by atoms with van der Waals surface area (Å²) < 4.78 is 0. The average Bonchev–Trinajstić information content (AvgIpc) is 2.27. The number of pyridine rings is 1. The summed E-state index contributed by atoms with van der Waals surface area (Å²) in [6.07, 6.45) is 2.96. The average molecular weight is 223 g/mol. The van der Waals surface area contributed by atoms with Crippen molar-refractivity contribution in [1.82, 2.24) is 9.88 Å². The lowest BCUT2D eigenvalue weighted by molar-refractivity contribution is 0.0474. The second-order valence-corrected chi connectivity index (χ2v) is 4.30. The van der Waals surface area contributed by atoms with Crippen molar-refractivity contribution in [2.75, 3.05) is 19.4 Å². The number of carbonyl (C=O) groups is 1. The van der Waals surface area contributed by atoms with Crippen LogP contribution in [0.4, 0.5) is 5.69 Å². The van der Waals surface area contributed by atoms with Gasteiger partial charge in [0.2, 0.25) is 0 Å². The molecule has 0 aliphatic heterocycles. The van der Waals surface area contributed by atoms with Crippen molar-refractivity contribution in [3.8, 4) is 0 Å². The molecule has 0 saturated carbocycles.